The summed E-state index contributed by atoms with van der Waals surface area (Å²) in [5, 5.41) is -1.27. The third-order valence-electron chi connectivity index (χ3n) is 9.76. The highest BCUT2D eigenvalue weighted by Crippen LogP contribution is 2.38. The number of alkyl halides is 6. The van der Waals surface area contributed by atoms with E-state index >= 15 is 0 Å². The van der Waals surface area contributed by atoms with Crippen molar-refractivity contribution in [3.63, 3.8) is 0 Å². The molecule has 0 bridgehead atoms. The number of ketones is 2. The number of pyridine rings is 3. The number of sulfonamides is 2. The van der Waals surface area contributed by atoms with Crippen LogP contribution in [0.4, 0.5) is 37.7 Å². The summed E-state index contributed by atoms with van der Waals surface area (Å²) < 4.78 is 135. The summed E-state index contributed by atoms with van der Waals surface area (Å²) in [5.74, 6) is -1.21. The highest BCUT2D eigenvalue weighted by Gasteiger charge is 2.36. The zero-order valence-electron chi connectivity index (χ0n) is 33.8. The number of allylic oxidation sites excluding steroid dienone is 2. The summed E-state index contributed by atoms with van der Waals surface area (Å²) >= 11 is 11.2. The molecule has 2 aliphatic carbocycles. The number of halogens is 8. The third kappa shape index (κ3) is 9.98. The predicted octanol–water partition coefficient (Wildman–Crippen LogP) is 9.51. The molecule has 4 heterocycles. The van der Waals surface area contributed by atoms with Crippen molar-refractivity contribution in [2.75, 3.05) is 9.44 Å². The van der Waals surface area contributed by atoms with Gasteiger partial charge in [-0.1, -0.05) is 47.5 Å². The minimum atomic E-state index is -4.85. The number of fused-ring (bicyclic) bond motifs is 2. The van der Waals surface area contributed by atoms with Crippen LogP contribution in [0.3, 0.4) is 0 Å². The summed E-state index contributed by atoms with van der Waals surface area (Å²) in [7, 11) is -9.03. The molecule has 8 rings (SSSR count). The van der Waals surface area contributed by atoms with E-state index in [-0.39, 0.29) is 34.0 Å². The van der Waals surface area contributed by atoms with Gasteiger partial charge in [-0.05, 0) is 79.6 Å². The second kappa shape index (κ2) is 18.0. The lowest BCUT2D eigenvalue weighted by atomic mass is 10.0. The van der Waals surface area contributed by atoms with Crippen LogP contribution in [0.25, 0.3) is 12.2 Å². The van der Waals surface area contributed by atoms with Gasteiger partial charge < -0.3 is 0 Å². The van der Waals surface area contributed by atoms with Crippen LogP contribution in [0.2, 0.25) is 10.0 Å². The first kappa shape index (κ1) is 47.4. The summed E-state index contributed by atoms with van der Waals surface area (Å²) in [6.45, 7) is 3.25. The van der Waals surface area contributed by atoms with Crippen molar-refractivity contribution in [3.8, 4) is 0 Å². The van der Waals surface area contributed by atoms with E-state index in [0.717, 1.165) is 24.3 Å². The molecule has 0 amide bonds. The first-order valence-corrected chi connectivity index (χ1v) is 22.6. The zero-order valence-corrected chi connectivity index (χ0v) is 36.9. The molecule has 6 aromatic rings. The van der Waals surface area contributed by atoms with Crippen molar-refractivity contribution >= 4 is 78.3 Å². The molecule has 0 fully saturated rings. The molecule has 0 aliphatic heterocycles. The second-order valence-corrected chi connectivity index (χ2v) is 18.7. The number of anilines is 2. The smallest absolute Gasteiger partial charge is 0.287 e. The van der Waals surface area contributed by atoms with Crippen molar-refractivity contribution in [3.05, 3.63) is 169 Å². The highest BCUT2D eigenvalue weighted by molar-refractivity contribution is 7.93. The lowest BCUT2D eigenvalue weighted by Gasteiger charge is -2.15. The first-order valence-electron chi connectivity index (χ1n) is 18.9. The van der Waals surface area contributed by atoms with Crippen molar-refractivity contribution < 1.29 is 52.8 Å². The summed E-state index contributed by atoms with van der Waals surface area (Å²) in [6.07, 6.45) is 3.95. The van der Waals surface area contributed by atoms with Crippen LogP contribution >= 0.6 is 23.2 Å². The number of aromatic nitrogens is 5. The molecule has 2 aliphatic rings. The van der Waals surface area contributed by atoms with Gasteiger partial charge in [-0.2, -0.15) is 26.3 Å². The molecule has 0 spiro atoms. The topological polar surface area (TPSA) is 191 Å². The van der Waals surface area contributed by atoms with Crippen LogP contribution in [0.15, 0.2) is 101 Å². The van der Waals surface area contributed by atoms with E-state index in [1.165, 1.54) is 43.1 Å². The number of hydrogen-bond donors (Lipinski definition) is 2. The van der Waals surface area contributed by atoms with E-state index in [9.17, 15) is 52.8 Å². The SMILES string of the molecule is Cc1cnc(C(=O)c2ccnc3c2C=CC3)c(NS(=O)(=O)c2ccc(Cl)c(C(F)(F)F)c2)c1.Cc1cnc(C(=O)c2ncnc3c2C=CC3)c(NS(=O)(=O)c2ccc(Cl)c(C(F)(F)F)c2)c1. The van der Waals surface area contributed by atoms with Crippen LogP contribution in [0.5, 0.6) is 0 Å². The Bertz CT molecular complexity index is 3060. The van der Waals surface area contributed by atoms with E-state index in [1.807, 2.05) is 6.08 Å². The van der Waals surface area contributed by atoms with E-state index in [0.29, 0.717) is 58.6 Å². The first-order chi connectivity index (χ1) is 30.9. The van der Waals surface area contributed by atoms with Crippen LogP contribution in [0, 0.1) is 13.8 Å². The fraction of sp³-hybridized carbons (Fsp3) is 0.140. The van der Waals surface area contributed by atoms with Gasteiger partial charge in [-0.25, -0.2) is 26.8 Å². The van der Waals surface area contributed by atoms with Gasteiger partial charge in [-0.3, -0.25) is 34.0 Å². The van der Waals surface area contributed by atoms with Gasteiger partial charge in [0.1, 0.15) is 23.4 Å². The van der Waals surface area contributed by atoms with E-state index in [2.05, 4.69) is 34.4 Å². The largest absolute Gasteiger partial charge is 0.417 e. The molecule has 13 nitrogen and oxygen atoms in total. The standard InChI is InChI=1S/C22H15ClF3N3O3S.C21H14ClF3N4O3S/c1-12-9-19(29-33(31,32)13-5-6-17(23)16(10-13)22(24,25)26)20(28-11-12)21(30)15-7-8-27-18-4-2-3-14(15)18;1-11-7-17(29-33(31,32)12-5-6-15(22)14(8-12)21(23,24)25)19(26-9-11)20(30)18-13-3-2-4-16(13)27-10-28-18/h2-3,5-11,29H,4H2,1H3;2-3,5-10,29H,4H2,1H3. The zero-order chi connectivity index (χ0) is 47.9. The molecule has 4 aromatic heterocycles. The van der Waals surface area contributed by atoms with Crippen LogP contribution < -0.4 is 9.44 Å². The van der Waals surface area contributed by atoms with Gasteiger partial charge in [0.05, 0.1) is 53.7 Å². The number of carbonyl (C=O) groups excluding carboxylic acids is 2. The maximum Gasteiger partial charge on any atom is 0.417 e. The van der Waals surface area contributed by atoms with Crippen LogP contribution in [-0.2, 0) is 45.2 Å². The predicted molar refractivity (Wildman–Crippen MR) is 231 cm³/mol. The Morgan fingerprint density at radius 1 is 0.591 bits per heavy atom. The average molecular weight is 989 g/mol. The Hall–Kier alpha value is -6.55. The molecule has 66 heavy (non-hydrogen) atoms. The van der Waals surface area contributed by atoms with Crippen LogP contribution in [-0.4, -0.2) is 53.3 Å². The Labute approximate surface area is 381 Å². The van der Waals surface area contributed by atoms with Crippen molar-refractivity contribution in [1.82, 2.24) is 24.9 Å². The number of hydrogen-bond acceptors (Lipinski definition) is 11. The number of aryl methyl sites for hydroxylation is 2. The Morgan fingerprint density at radius 3 is 1.56 bits per heavy atom. The maximum absolute atomic E-state index is 13.3. The van der Waals surface area contributed by atoms with Gasteiger partial charge in [0.15, 0.2) is 0 Å². The quantitative estimate of drug-likeness (QED) is 0.0982. The molecule has 340 valence electrons. The fourth-order valence-corrected chi connectivity index (χ4v) is 9.29. The second-order valence-electron chi connectivity index (χ2n) is 14.5. The summed E-state index contributed by atoms with van der Waals surface area (Å²) in [6, 6.07) is 8.70. The average Bonchev–Trinajstić information content (AvgIpc) is 3.93. The number of rotatable bonds is 10. The molecule has 0 radical (unpaired) electrons. The van der Waals surface area contributed by atoms with Crippen LogP contribution in [0.1, 0.15) is 77.0 Å². The van der Waals surface area contributed by atoms with Gasteiger partial charge in [0, 0.05) is 48.1 Å². The monoisotopic (exact) mass is 987 g/mol. The number of nitrogens with one attached hydrogen (secondary N) is 2. The number of nitrogens with zero attached hydrogens (tertiary/aromatic N) is 5. The van der Waals surface area contributed by atoms with Gasteiger partial charge >= 0.3 is 12.4 Å². The molecule has 0 unspecified atom stereocenters. The van der Waals surface area contributed by atoms with E-state index < -0.39 is 74.9 Å². The molecule has 23 heteroatoms. The number of carbonyl (C=O) groups is 2. The lowest BCUT2D eigenvalue weighted by Crippen LogP contribution is -2.19. The fourth-order valence-electron chi connectivity index (χ4n) is 6.67. The van der Waals surface area contributed by atoms with Crippen molar-refractivity contribution in [1.29, 1.82) is 0 Å². The summed E-state index contributed by atoms with van der Waals surface area (Å²) in [4.78, 5) is 45.7. The van der Waals surface area contributed by atoms with E-state index in [4.69, 9.17) is 23.2 Å². The highest BCUT2D eigenvalue weighted by atomic mass is 35.5. The Balaban J connectivity index is 0.000000196. The maximum atomic E-state index is 13.3. The van der Waals surface area contributed by atoms with Gasteiger partial charge in [-0.15, -0.1) is 0 Å². The minimum Gasteiger partial charge on any atom is -0.287 e. The Kier molecular flexibility index (Phi) is 12.9. The molecule has 0 saturated carbocycles. The normalized spacial score (nSPS) is 13.1. The summed E-state index contributed by atoms with van der Waals surface area (Å²) in [5.41, 5.74) is 0.468. The lowest BCUT2D eigenvalue weighted by molar-refractivity contribution is -0.138. The third-order valence-corrected chi connectivity index (χ3v) is 13.2. The van der Waals surface area contributed by atoms with Gasteiger partial charge in [0.2, 0.25) is 11.6 Å². The van der Waals surface area contributed by atoms with Crippen molar-refractivity contribution in [2.45, 2.75) is 48.8 Å². The molecule has 0 saturated heterocycles. The van der Waals surface area contributed by atoms with E-state index in [1.54, 1.807) is 32.1 Å². The number of benzene rings is 2. The minimum absolute atomic E-state index is 0.0383. The Morgan fingerprint density at radius 2 is 1.06 bits per heavy atom. The molecule has 0 atom stereocenters. The molecule has 2 N–H and O–H groups in total. The van der Waals surface area contributed by atoms with Crippen molar-refractivity contribution in [2.24, 2.45) is 0 Å². The molecule has 2 aromatic carbocycles. The molecular formula is C43H29Cl2F6N7O6S2. The molecular weight excluding hydrogens is 960 g/mol. The van der Waals surface area contributed by atoms with Gasteiger partial charge in [0.25, 0.3) is 20.0 Å².